The summed E-state index contributed by atoms with van der Waals surface area (Å²) in [6.45, 7) is 9.99. The number of nitrogens with two attached hydrogens (primary N) is 1. The zero-order chi connectivity index (χ0) is 12.8. The zero-order valence-electron chi connectivity index (χ0n) is 11.1. The highest BCUT2D eigenvalue weighted by Gasteiger charge is 2.41. The molecule has 2 heterocycles. The Labute approximate surface area is 102 Å². The van der Waals surface area contributed by atoms with Gasteiger partial charge in [0, 0.05) is 0 Å². The molecule has 1 aromatic heterocycles. The highest BCUT2D eigenvalue weighted by Crippen LogP contribution is 2.39. The first-order valence-corrected chi connectivity index (χ1v) is 6.09. The average Bonchev–Trinajstić information content (AvgIpc) is 2.73. The van der Waals surface area contributed by atoms with Gasteiger partial charge in [-0.05, 0) is 33.6 Å². The summed E-state index contributed by atoms with van der Waals surface area (Å²) in [5.41, 5.74) is 5.38. The predicted octanol–water partition coefficient (Wildman–Crippen LogP) is 1.79. The maximum atomic E-state index is 5.95. The zero-order valence-corrected chi connectivity index (χ0v) is 11.1. The van der Waals surface area contributed by atoms with Gasteiger partial charge in [-0.25, -0.2) is 0 Å². The number of ether oxygens (including phenoxy) is 1. The van der Waals surface area contributed by atoms with Gasteiger partial charge in [-0.2, -0.15) is 4.98 Å². The van der Waals surface area contributed by atoms with E-state index in [2.05, 4.69) is 24.0 Å². The molecule has 0 bridgehead atoms. The van der Waals surface area contributed by atoms with E-state index in [1.54, 1.807) is 0 Å². The molecule has 4 atom stereocenters. The van der Waals surface area contributed by atoms with Crippen molar-refractivity contribution in [1.29, 1.82) is 0 Å². The normalized spacial score (nSPS) is 34.2. The van der Waals surface area contributed by atoms with Crippen LogP contribution in [0.2, 0.25) is 0 Å². The molecule has 1 aromatic rings. The Morgan fingerprint density at radius 1 is 1.18 bits per heavy atom. The molecule has 4 unspecified atom stereocenters. The van der Waals surface area contributed by atoms with Crippen molar-refractivity contribution in [3.05, 3.63) is 11.7 Å². The minimum atomic E-state index is -0.570. The van der Waals surface area contributed by atoms with Gasteiger partial charge in [-0.3, -0.25) is 0 Å². The molecule has 0 saturated carbocycles. The van der Waals surface area contributed by atoms with E-state index >= 15 is 0 Å². The van der Waals surface area contributed by atoms with E-state index in [1.807, 2.05) is 20.8 Å². The second-order valence-corrected chi connectivity index (χ2v) is 5.61. The molecule has 1 aliphatic rings. The van der Waals surface area contributed by atoms with Crippen LogP contribution in [0.25, 0.3) is 0 Å². The number of rotatable bonds is 2. The van der Waals surface area contributed by atoms with Gasteiger partial charge in [0.25, 0.3) is 0 Å². The molecule has 1 aliphatic heterocycles. The van der Waals surface area contributed by atoms with E-state index in [0.29, 0.717) is 17.6 Å². The van der Waals surface area contributed by atoms with Crippen molar-refractivity contribution in [2.24, 2.45) is 11.7 Å². The van der Waals surface area contributed by atoms with Crippen LogP contribution in [0.4, 0.5) is 0 Å². The van der Waals surface area contributed by atoms with E-state index < -0.39 is 5.54 Å². The molecule has 1 fully saturated rings. The van der Waals surface area contributed by atoms with Crippen molar-refractivity contribution in [1.82, 2.24) is 10.1 Å². The smallest absolute Gasteiger partial charge is 0.232 e. The lowest BCUT2D eigenvalue weighted by Gasteiger charge is -2.14. The third-order valence-corrected chi connectivity index (χ3v) is 3.55. The van der Waals surface area contributed by atoms with E-state index in [9.17, 15) is 0 Å². The van der Waals surface area contributed by atoms with Crippen LogP contribution in [-0.4, -0.2) is 22.3 Å². The van der Waals surface area contributed by atoms with Crippen molar-refractivity contribution in [3.8, 4) is 0 Å². The molecule has 1 saturated heterocycles. The lowest BCUT2D eigenvalue weighted by atomic mass is 9.89. The van der Waals surface area contributed by atoms with Crippen molar-refractivity contribution >= 4 is 0 Å². The van der Waals surface area contributed by atoms with Crippen molar-refractivity contribution in [2.75, 3.05) is 0 Å². The fourth-order valence-corrected chi connectivity index (χ4v) is 2.32. The van der Waals surface area contributed by atoms with Crippen molar-refractivity contribution < 1.29 is 9.26 Å². The van der Waals surface area contributed by atoms with E-state index in [-0.39, 0.29) is 18.1 Å². The molecule has 96 valence electrons. The fraction of sp³-hybridized carbons (Fsp3) is 0.833. The maximum Gasteiger partial charge on any atom is 0.232 e. The Balaban J connectivity index is 2.26. The molecule has 0 amide bonds. The first kappa shape index (κ1) is 12.5. The third-order valence-electron chi connectivity index (χ3n) is 3.55. The fourth-order valence-electron chi connectivity index (χ4n) is 2.32. The van der Waals surface area contributed by atoms with E-state index in [1.165, 1.54) is 0 Å². The monoisotopic (exact) mass is 239 g/mol. The SMILES string of the molecule is CC1OC(C)C(c2nc(C(C)(C)N)no2)C1C. The molecular formula is C12H21N3O2. The lowest BCUT2D eigenvalue weighted by Crippen LogP contribution is -2.30. The van der Waals surface area contributed by atoms with Crippen molar-refractivity contribution in [3.63, 3.8) is 0 Å². The van der Waals surface area contributed by atoms with Gasteiger partial charge in [0.1, 0.15) is 0 Å². The Bertz CT molecular complexity index is 397. The van der Waals surface area contributed by atoms with Crippen LogP contribution in [0.3, 0.4) is 0 Å². The molecule has 0 spiro atoms. The topological polar surface area (TPSA) is 74.2 Å². The second kappa shape index (κ2) is 4.07. The van der Waals surface area contributed by atoms with Gasteiger partial charge >= 0.3 is 0 Å². The predicted molar refractivity (Wildman–Crippen MR) is 63.4 cm³/mol. The molecule has 17 heavy (non-hydrogen) atoms. The minimum absolute atomic E-state index is 0.106. The Morgan fingerprint density at radius 3 is 2.24 bits per heavy atom. The quantitative estimate of drug-likeness (QED) is 0.851. The van der Waals surface area contributed by atoms with Gasteiger partial charge in [-0.1, -0.05) is 12.1 Å². The summed E-state index contributed by atoms with van der Waals surface area (Å²) in [5, 5.41) is 3.96. The van der Waals surface area contributed by atoms with Crippen LogP contribution in [0, 0.1) is 5.92 Å². The van der Waals surface area contributed by atoms with Crippen LogP contribution in [-0.2, 0) is 10.3 Å². The molecule has 2 rings (SSSR count). The van der Waals surface area contributed by atoms with Gasteiger partial charge < -0.3 is 15.0 Å². The first-order chi connectivity index (χ1) is 7.80. The van der Waals surface area contributed by atoms with Crippen LogP contribution in [0.1, 0.15) is 52.3 Å². The van der Waals surface area contributed by atoms with Crippen LogP contribution in [0.15, 0.2) is 4.52 Å². The number of nitrogens with zero attached hydrogens (tertiary/aromatic N) is 2. The van der Waals surface area contributed by atoms with E-state index in [0.717, 1.165) is 0 Å². The van der Waals surface area contributed by atoms with Gasteiger partial charge in [0.2, 0.25) is 5.89 Å². The summed E-state index contributed by atoms with van der Waals surface area (Å²) in [7, 11) is 0. The first-order valence-electron chi connectivity index (χ1n) is 6.09. The summed E-state index contributed by atoms with van der Waals surface area (Å²) in [6.07, 6.45) is 0.324. The molecule has 0 aromatic carbocycles. The van der Waals surface area contributed by atoms with Gasteiger partial charge in [-0.15, -0.1) is 0 Å². The highest BCUT2D eigenvalue weighted by molar-refractivity contribution is 5.07. The molecular weight excluding hydrogens is 218 g/mol. The summed E-state index contributed by atoms with van der Waals surface area (Å²) in [6, 6.07) is 0. The summed E-state index contributed by atoms with van der Waals surface area (Å²) in [4.78, 5) is 4.42. The summed E-state index contributed by atoms with van der Waals surface area (Å²) >= 11 is 0. The Kier molecular flexibility index (Phi) is 2.99. The summed E-state index contributed by atoms with van der Waals surface area (Å²) in [5.74, 6) is 1.72. The molecule has 0 aliphatic carbocycles. The summed E-state index contributed by atoms with van der Waals surface area (Å²) < 4.78 is 11.1. The molecule has 5 heteroatoms. The van der Waals surface area contributed by atoms with Crippen molar-refractivity contribution in [2.45, 2.75) is 58.3 Å². The van der Waals surface area contributed by atoms with Gasteiger partial charge in [0.05, 0.1) is 23.7 Å². The molecule has 2 N–H and O–H groups in total. The lowest BCUT2D eigenvalue weighted by molar-refractivity contribution is 0.0542. The largest absolute Gasteiger partial charge is 0.374 e. The molecule has 5 nitrogen and oxygen atoms in total. The standard InChI is InChI=1S/C12H21N3O2/c1-6-7(2)16-8(3)9(6)10-14-11(15-17-10)12(4,5)13/h6-9H,13H2,1-5H3. The van der Waals surface area contributed by atoms with Crippen LogP contribution >= 0.6 is 0 Å². The average molecular weight is 239 g/mol. The minimum Gasteiger partial charge on any atom is -0.374 e. The number of hydrogen-bond donors (Lipinski definition) is 1. The van der Waals surface area contributed by atoms with Crippen LogP contribution in [0.5, 0.6) is 0 Å². The highest BCUT2D eigenvalue weighted by atomic mass is 16.5. The molecule has 0 radical (unpaired) electrons. The second-order valence-electron chi connectivity index (χ2n) is 5.61. The van der Waals surface area contributed by atoms with E-state index in [4.69, 9.17) is 15.0 Å². The Morgan fingerprint density at radius 2 is 1.82 bits per heavy atom. The van der Waals surface area contributed by atoms with Crippen LogP contribution < -0.4 is 5.73 Å². The Hall–Kier alpha value is -0.940. The third kappa shape index (κ3) is 2.21. The number of hydrogen-bond acceptors (Lipinski definition) is 5. The van der Waals surface area contributed by atoms with Gasteiger partial charge in [0.15, 0.2) is 5.82 Å². The number of aromatic nitrogens is 2. The maximum absolute atomic E-state index is 5.95.